The average Bonchev–Trinajstić information content (AvgIpc) is 2.51. The van der Waals surface area contributed by atoms with Crippen molar-refractivity contribution in [3.05, 3.63) is 0 Å². The minimum Gasteiger partial charge on any atom is -0.343 e. The van der Waals surface area contributed by atoms with Gasteiger partial charge in [0.15, 0.2) is 0 Å². The van der Waals surface area contributed by atoms with Crippen LogP contribution < -0.4 is 5.32 Å². The summed E-state index contributed by atoms with van der Waals surface area (Å²) in [5, 5.41) is 2.91. The Morgan fingerprint density at radius 2 is 2.00 bits per heavy atom. The molecule has 0 aromatic carbocycles. The highest BCUT2D eigenvalue weighted by molar-refractivity contribution is 5.77. The van der Waals surface area contributed by atoms with E-state index in [0.29, 0.717) is 0 Å². The van der Waals surface area contributed by atoms with Gasteiger partial charge in [0.25, 0.3) is 0 Å². The van der Waals surface area contributed by atoms with Crippen LogP contribution in [-0.4, -0.2) is 30.6 Å². The van der Waals surface area contributed by atoms with E-state index in [1.807, 2.05) is 13.8 Å². The van der Waals surface area contributed by atoms with E-state index in [1.165, 1.54) is 12.8 Å². The third kappa shape index (κ3) is 2.81. The number of hydrogen-bond donors (Lipinski definition) is 1. The topological polar surface area (TPSA) is 32.3 Å². The van der Waals surface area contributed by atoms with Gasteiger partial charge in [0, 0.05) is 5.92 Å². The maximum Gasteiger partial charge on any atom is 0.223 e. The van der Waals surface area contributed by atoms with Crippen LogP contribution in [0.4, 0.5) is 0 Å². The van der Waals surface area contributed by atoms with Crippen molar-refractivity contribution in [3.63, 3.8) is 0 Å². The van der Waals surface area contributed by atoms with Gasteiger partial charge in [-0.1, -0.05) is 13.8 Å². The van der Waals surface area contributed by atoms with Gasteiger partial charge in [-0.25, -0.2) is 0 Å². The molecule has 0 aliphatic carbocycles. The van der Waals surface area contributed by atoms with Crippen molar-refractivity contribution in [2.75, 3.05) is 19.8 Å². The number of nitrogens with zero attached hydrogens (tertiary/aromatic N) is 1. The molecule has 1 aliphatic rings. The van der Waals surface area contributed by atoms with E-state index in [9.17, 15) is 4.79 Å². The molecule has 70 valence electrons. The van der Waals surface area contributed by atoms with Crippen LogP contribution in [0.25, 0.3) is 0 Å². The Labute approximate surface area is 74.1 Å². The van der Waals surface area contributed by atoms with Gasteiger partial charge in [0.05, 0.1) is 6.67 Å². The Morgan fingerprint density at radius 3 is 2.50 bits per heavy atom. The first-order chi connectivity index (χ1) is 5.70. The van der Waals surface area contributed by atoms with Gasteiger partial charge in [-0.2, -0.15) is 0 Å². The predicted molar refractivity (Wildman–Crippen MR) is 48.7 cm³/mol. The molecule has 0 atom stereocenters. The van der Waals surface area contributed by atoms with Gasteiger partial charge in [-0.3, -0.25) is 9.69 Å². The number of rotatable bonds is 3. The van der Waals surface area contributed by atoms with Crippen LogP contribution in [0.15, 0.2) is 0 Å². The summed E-state index contributed by atoms with van der Waals surface area (Å²) in [6.07, 6.45) is 2.55. The summed E-state index contributed by atoms with van der Waals surface area (Å²) in [5.41, 5.74) is 0. The van der Waals surface area contributed by atoms with Gasteiger partial charge in [0.1, 0.15) is 0 Å². The lowest BCUT2D eigenvalue weighted by Crippen LogP contribution is -2.37. The summed E-state index contributed by atoms with van der Waals surface area (Å²) < 4.78 is 0. The minimum atomic E-state index is 0.104. The zero-order valence-electron chi connectivity index (χ0n) is 7.97. The van der Waals surface area contributed by atoms with Crippen LogP contribution in [0.3, 0.4) is 0 Å². The first-order valence-electron chi connectivity index (χ1n) is 4.70. The Morgan fingerprint density at radius 1 is 1.42 bits per heavy atom. The Hall–Kier alpha value is -0.570. The number of likely N-dealkylation sites (tertiary alicyclic amines) is 1. The molecule has 0 unspecified atom stereocenters. The Kier molecular flexibility index (Phi) is 3.53. The van der Waals surface area contributed by atoms with E-state index in [-0.39, 0.29) is 11.8 Å². The third-order valence-electron chi connectivity index (χ3n) is 2.20. The van der Waals surface area contributed by atoms with E-state index in [2.05, 4.69) is 10.2 Å². The highest BCUT2D eigenvalue weighted by Crippen LogP contribution is 2.05. The third-order valence-corrected chi connectivity index (χ3v) is 2.20. The van der Waals surface area contributed by atoms with Crippen LogP contribution in [0.5, 0.6) is 0 Å². The maximum atomic E-state index is 11.2. The minimum absolute atomic E-state index is 0.104. The zero-order valence-corrected chi connectivity index (χ0v) is 7.97. The van der Waals surface area contributed by atoms with Crippen LogP contribution in [0, 0.1) is 5.92 Å². The van der Waals surface area contributed by atoms with Crippen molar-refractivity contribution < 1.29 is 4.79 Å². The highest BCUT2D eigenvalue weighted by atomic mass is 16.1. The second kappa shape index (κ2) is 4.45. The molecule has 0 radical (unpaired) electrons. The Balaban J connectivity index is 2.12. The predicted octanol–water partition coefficient (Wildman–Crippen LogP) is 0.812. The van der Waals surface area contributed by atoms with Crippen molar-refractivity contribution in [2.24, 2.45) is 5.92 Å². The largest absolute Gasteiger partial charge is 0.343 e. The Bertz CT molecular complexity index is 151. The SMILES string of the molecule is CC(C)C(=O)NCN1CCCC1. The summed E-state index contributed by atoms with van der Waals surface area (Å²) in [4.78, 5) is 13.4. The number of carbonyl (C=O) groups is 1. The van der Waals surface area contributed by atoms with Gasteiger partial charge >= 0.3 is 0 Å². The molecule has 12 heavy (non-hydrogen) atoms. The van der Waals surface area contributed by atoms with E-state index in [0.717, 1.165) is 19.8 Å². The first-order valence-corrected chi connectivity index (χ1v) is 4.70. The standard InChI is InChI=1S/C9H18N2O/c1-8(2)9(12)10-7-11-5-3-4-6-11/h8H,3-7H2,1-2H3,(H,10,12). The molecule has 1 N–H and O–H groups in total. The van der Waals surface area contributed by atoms with E-state index < -0.39 is 0 Å². The number of carbonyl (C=O) groups excluding carboxylic acids is 1. The fourth-order valence-electron chi connectivity index (χ4n) is 1.33. The molecular formula is C9H18N2O. The average molecular weight is 170 g/mol. The van der Waals surface area contributed by atoms with Gasteiger partial charge < -0.3 is 5.32 Å². The molecule has 3 nitrogen and oxygen atoms in total. The second-order valence-corrected chi connectivity index (χ2v) is 3.68. The van der Waals surface area contributed by atoms with Gasteiger partial charge in [-0.15, -0.1) is 0 Å². The fraction of sp³-hybridized carbons (Fsp3) is 0.889. The summed E-state index contributed by atoms with van der Waals surface area (Å²) in [5.74, 6) is 0.259. The van der Waals surface area contributed by atoms with E-state index >= 15 is 0 Å². The van der Waals surface area contributed by atoms with Crippen molar-refractivity contribution in [3.8, 4) is 0 Å². The molecule has 1 saturated heterocycles. The van der Waals surface area contributed by atoms with E-state index in [4.69, 9.17) is 0 Å². The first kappa shape index (κ1) is 9.52. The monoisotopic (exact) mass is 170 g/mol. The van der Waals surface area contributed by atoms with Gasteiger partial charge in [0.2, 0.25) is 5.91 Å². The summed E-state index contributed by atoms with van der Waals surface area (Å²) in [6.45, 7) is 6.84. The van der Waals surface area contributed by atoms with E-state index in [1.54, 1.807) is 0 Å². The fourth-order valence-corrected chi connectivity index (χ4v) is 1.33. The second-order valence-electron chi connectivity index (χ2n) is 3.68. The molecule has 3 heteroatoms. The molecule has 0 spiro atoms. The molecule has 0 bridgehead atoms. The number of nitrogens with one attached hydrogen (secondary N) is 1. The van der Waals surface area contributed by atoms with Crippen LogP contribution in [0.1, 0.15) is 26.7 Å². The molecule has 1 heterocycles. The molecule has 1 amide bonds. The van der Waals surface area contributed by atoms with Crippen LogP contribution >= 0.6 is 0 Å². The lowest BCUT2D eigenvalue weighted by molar-refractivity contribution is -0.124. The molecule has 1 fully saturated rings. The van der Waals surface area contributed by atoms with Crippen molar-refractivity contribution >= 4 is 5.91 Å². The lowest BCUT2D eigenvalue weighted by atomic mass is 10.2. The summed E-state index contributed by atoms with van der Waals surface area (Å²) in [7, 11) is 0. The van der Waals surface area contributed by atoms with Crippen molar-refractivity contribution in [1.82, 2.24) is 10.2 Å². The van der Waals surface area contributed by atoms with Gasteiger partial charge in [-0.05, 0) is 25.9 Å². The smallest absolute Gasteiger partial charge is 0.223 e. The molecule has 0 saturated carbocycles. The van der Waals surface area contributed by atoms with Crippen LogP contribution in [-0.2, 0) is 4.79 Å². The molecule has 0 aromatic rings. The van der Waals surface area contributed by atoms with Crippen LogP contribution in [0.2, 0.25) is 0 Å². The molecular weight excluding hydrogens is 152 g/mol. The highest BCUT2D eigenvalue weighted by Gasteiger charge is 2.12. The van der Waals surface area contributed by atoms with Crippen molar-refractivity contribution in [1.29, 1.82) is 0 Å². The molecule has 1 rings (SSSR count). The number of amides is 1. The summed E-state index contributed by atoms with van der Waals surface area (Å²) in [6, 6.07) is 0. The lowest BCUT2D eigenvalue weighted by Gasteiger charge is -2.16. The quantitative estimate of drug-likeness (QED) is 0.680. The number of hydrogen-bond acceptors (Lipinski definition) is 2. The maximum absolute atomic E-state index is 11.2. The molecule has 1 aliphatic heterocycles. The summed E-state index contributed by atoms with van der Waals surface area (Å²) >= 11 is 0. The zero-order chi connectivity index (χ0) is 8.97. The van der Waals surface area contributed by atoms with Crippen molar-refractivity contribution in [2.45, 2.75) is 26.7 Å². The normalized spacial score (nSPS) is 18.6. The molecule has 0 aromatic heterocycles.